The Morgan fingerprint density at radius 2 is 1.38 bits per heavy atom. The molecule has 26 heavy (non-hydrogen) atoms. The number of hydrogen-bond donors (Lipinski definition) is 0. The van der Waals surface area contributed by atoms with Crippen molar-refractivity contribution in [1.82, 2.24) is 0 Å². The smallest absolute Gasteiger partial charge is 0.104 e. The highest BCUT2D eigenvalue weighted by molar-refractivity contribution is 8.00. The number of epoxide rings is 1. The molecule has 4 rings (SSSR count). The third-order valence-corrected chi connectivity index (χ3v) is 5.91. The zero-order valence-corrected chi connectivity index (χ0v) is 16.0. The van der Waals surface area contributed by atoms with Crippen LogP contribution in [0.4, 0.5) is 0 Å². The zero-order valence-electron chi connectivity index (χ0n) is 14.3. The lowest BCUT2D eigenvalue weighted by molar-refractivity contribution is 0.104. The van der Waals surface area contributed by atoms with Gasteiger partial charge in [-0.1, -0.05) is 59.9 Å². The fourth-order valence-corrected chi connectivity index (χ4v) is 4.34. The van der Waals surface area contributed by atoms with Crippen LogP contribution in [-0.2, 0) is 16.1 Å². The second-order valence-corrected chi connectivity index (χ2v) is 8.40. The van der Waals surface area contributed by atoms with Gasteiger partial charge in [-0.3, -0.25) is 0 Å². The van der Waals surface area contributed by atoms with Crippen LogP contribution in [0.3, 0.4) is 0 Å². The zero-order chi connectivity index (χ0) is 17.6. The van der Waals surface area contributed by atoms with Gasteiger partial charge < -0.3 is 9.47 Å². The summed E-state index contributed by atoms with van der Waals surface area (Å²) in [6, 6.07) is 27.8. The molecule has 4 heteroatoms. The van der Waals surface area contributed by atoms with Gasteiger partial charge in [0.2, 0.25) is 0 Å². The molecule has 0 saturated carbocycles. The summed E-state index contributed by atoms with van der Waals surface area (Å²) in [4.78, 5) is 5.01. The molecule has 2 nitrogen and oxygen atoms in total. The topological polar surface area (TPSA) is 21.8 Å². The van der Waals surface area contributed by atoms with E-state index in [0.29, 0.717) is 19.3 Å². The SMILES string of the molecule is c1ccc(Sc2cccc(Sc3ccc(COC[C@@H]4CO4)cc3)c2)cc1. The van der Waals surface area contributed by atoms with E-state index in [-0.39, 0.29) is 0 Å². The molecule has 1 saturated heterocycles. The maximum Gasteiger partial charge on any atom is 0.104 e. The third kappa shape index (κ3) is 5.39. The van der Waals surface area contributed by atoms with Crippen molar-refractivity contribution in [2.24, 2.45) is 0 Å². The molecular formula is C22H20O2S2. The number of benzene rings is 3. The van der Waals surface area contributed by atoms with Crippen molar-refractivity contribution in [2.75, 3.05) is 13.2 Å². The van der Waals surface area contributed by atoms with E-state index < -0.39 is 0 Å². The predicted octanol–water partition coefficient (Wildman–Crippen LogP) is 5.90. The first kappa shape index (κ1) is 17.7. The molecule has 1 aliphatic heterocycles. The largest absolute Gasteiger partial charge is 0.374 e. The van der Waals surface area contributed by atoms with Gasteiger partial charge in [-0.15, -0.1) is 0 Å². The van der Waals surface area contributed by atoms with Gasteiger partial charge in [-0.05, 0) is 48.0 Å². The van der Waals surface area contributed by atoms with Crippen LogP contribution in [-0.4, -0.2) is 19.3 Å². The first-order chi connectivity index (χ1) is 12.8. The minimum absolute atomic E-state index is 0.325. The summed E-state index contributed by atoms with van der Waals surface area (Å²) in [7, 11) is 0. The second-order valence-electron chi connectivity index (χ2n) is 6.11. The standard InChI is InChI=1S/C22H20O2S2/c1-2-5-19(6-3-1)25-21-7-4-8-22(13-21)26-20-11-9-17(10-12-20)14-23-15-18-16-24-18/h1-13,18H,14-16H2/t18-/m1/s1. The molecule has 1 heterocycles. The maximum atomic E-state index is 5.64. The van der Waals surface area contributed by atoms with E-state index in [1.165, 1.54) is 25.1 Å². The minimum atomic E-state index is 0.325. The molecular weight excluding hydrogens is 360 g/mol. The number of hydrogen-bond acceptors (Lipinski definition) is 4. The molecule has 1 aliphatic rings. The Morgan fingerprint density at radius 1 is 0.769 bits per heavy atom. The average molecular weight is 381 g/mol. The van der Waals surface area contributed by atoms with Gasteiger partial charge in [0.1, 0.15) is 6.10 Å². The lowest BCUT2D eigenvalue weighted by Crippen LogP contribution is -2.01. The lowest BCUT2D eigenvalue weighted by Gasteiger charge is -2.07. The van der Waals surface area contributed by atoms with Crippen LogP contribution in [0.15, 0.2) is 98.4 Å². The number of rotatable bonds is 8. The van der Waals surface area contributed by atoms with Crippen LogP contribution in [0, 0.1) is 0 Å². The Bertz CT molecular complexity index is 830. The third-order valence-electron chi connectivity index (χ3n) is 3.92. The van der Waals surface area contributed by atoms with Crippen LogP contribution in [0.1, 0.15) is 5.56 Å². The molecule has 3 aromatic carbocycles. The van der Waals surface area contributed by atoms with Gasteiger partial charge >= 0.3 is 0 Å². The Hall–Kier alpha value is -1.72. The summed E-state index contributed by atoms with van der Waals surface area (Å²) < 4.78 is 10.8. The van der Waals surface area contributed by atoms with Gasteiger partial charge in [0.25, 0.3) is 0 Å². The van der Waals surface area contributed by atoms with Gasteiger partial charge in [-0.2, -0.15) is 0 Å². The monoisotopic (exact) mass is 380 g/mol. The molecule has 1 atom stereocenters. The van der Waals surface area contributed by atoms with Crippen molar-refractivity contribution in [1.29, 1.82) is 0 Å². The van der Waals surface area contributed by atoms with Crippen LogP contribution in [0.2, 0.25) is 0 Å². The van der Waals surface area contributed by atoms with Crippen LogP contribution < -0.4 is 0 Å². The predicted molar refractivity (Wildman–Crippen MR) is 107 cm³/mol. The van der Waals surface area contributed by atoms with Crippen molar-refractivity contribution < 1.29 is 9.47 Å². The Labute approximate surface area is 162 Å². The van der Waals surface area contributed by atoms with E-state index in [0.717, 1.165) is 6.61 Å². The molecule has 3 aromatic rings. The quantitative estimate of drug-likeness (QED) is 0.453. The van der Waals surface area contributed by atoms with Gasteiger partial charge in [0.05, 0.1) is 19.8 Å². The van der Waals surface area contributed by atoms with Crippen molar-refractivity contribution in [3.05, 3.63) is 84.4 Å². The first-order valence-corrected chi connectivity index (χ1v) is 10.3. The highest BCUT2D eigenvalue weighted by Crippen LogP contribution is 2.33. The van der Waals surface area contributed by atoms with Gasteiger partial charge in [0.15, 0.2) is 0 Å². The lowest BCUT2D eigenvalue weighted by atomic mass is 10.2. The molecule has 0 aliphatic carbocycles. The van der Waals surface area contributed by atoms with Gasteiger partial charge in [0, 0.05) is 19.6 Å². The normalized spacial score (nSPS) is 15.8. The van der Waals surface area contributed by atoms with Crippen LogP contribution in [0.5, 0.6) is 0 Å². The summed E-state index contributed by atoms with van der Waals surface area (Å²) in [6.07, 6.45) is 0.325. The van der Waals surface area contributed by atoms with Gasteiger partial charge in [-0.25, -0.2) is 0 Å². The molecule has 132 valence electrons. The highest BCUT2D eigenvalue weighted by atomic mass is 32.2. The number of ether oxygens (including phenoxy) is 2. The Balaban J connectivity index is 1.35. The van der Waals surface area contributed by atoms with E-state index in [2.05, 4.69) is 72.8 Å². The van der Waals surface area contributed by atoms with E-state index in [4.69, 9.17) is 9.47 Å². The molecule has 0 bridgehead atoms. The molecule has 1 fully saturated rings. The summed E-state index contributed by atoms with van der Waals surface area (Å²) in [5, 5.41) is 0. The molecule has 0 radical (unpaired) electrons. The summed E-state index contributed by atoms with van der Waals surface area (Å²) in [6.45, 7) is 2.19. The molecule has 0 N–H and O–H groups in total. The van der Waals surface area contributed by atoms with E-state index in [9.17, 15) is 0 Å². The Morgan fingerprint density at radius 3 is 2.04 bits per heavy atom. The molecule has 0 spiro atoms. The van der Waals surface area contributed by atoms with Crippen molar-refractivity contribution in [3.63, 3.8) is 0 Å². The van der Waals surface area contributed by atoms with Crippen molar-refractivity contribution in [2.45, 2.75) is 32.3 Å². The van der Waals surface area contributed by atoms with E-state index in [1.807, 2.05) is 6.07 Å². The van der Waals surface area contributed by atoms with Crippen LogP contribution >= 0.6 is 23.5 Å². The fourth-order valence-electron chi connectivity index (χ4n) is 2.49. The molecule has 0 amide bonds. The Kier molecular flexibility index (Phi) is 5.97. The van der Waals surface area contributed by atoms with Crippen molar-refractivity contribution >= 4 is 23.5 Å². The summed E-state index contributed by atoms with van der Waals surface area (Å²) in [5.41, 5.74) is 1.20. The summed E-state index contributed by atoms with van der Waals surface area (Å²) in [5.74, 6) is 0. The fraction of sp³-hybridized carbons (Fsp3) is 0.182. The minimum Gasteiger partial charge on any atom is -0.374 e. The average Bonchev–Trinajstić information content (AvgIpc) is 3.49. The second kappa shape index (κ2) is 8.78. The molecule has 0 aromatic heterocycles. The van der Waals surface area contributed by atoms with Crippen molar-refractivity contribution in [3.8, 4) is 0 Å². The van der Waals surface area contributed by atoms with Crippen LogP contribution in [0.25, 0.3) is 0 Å². The van der Waals surface area contributed by atoms with E-state index in [1.54, 1.807) is 23.5 Å². The molecule has 0 unspecified atom stereocenters. The highest BCUT2D eigenvalue weighted by Gasteiger charge is 2.22. The summed E-state index contributed by atoms with van der Waals surface area (Å²) >= 11 is 3.58. The first-order valence-electron chi connectivity index (χ1n) is 8.64. The van der Waals surface area contributed by atoms with E-state index >= 15 is 0 Å². The maximum absolute atomic E-state index is 5.64.